The van der Waals surface area contributed by atoms with E-state index in [1.807, 2.05) is 6.92 Å². The Morgan fingerprint density at radius 1 is 1.12 bits per heavy atom. The third kappa shape index (κ3) is 2.86. The van der Waals surface area contributed by atoms with Crippen molar-refractivity contribution in [2.45, 2.75) is 64.5 Å². The number of hydrogen-bond donors (Lipinski definition) is 1. The standard InChI is InChI=1S/C13H24N4/c1-10-15-11(2)17(16-10)13-9-7-5-4-6-8-12(13)14-3/h12-14H,4-9H2,1-3H3. The summed E-state index contributed by atoms with van der Waals surface area (Å²) in [6, 6.07) is 1.01. The Hall–Kier alpha value is -0.900. The summed E-state index contributed by atoms with van der Waals surface area (Å²) in [5.74, 6) is 1.94. The SMILES string of the molecule is CNC1CCCCCCC1n1nc(C)nc1C. The summed E-state index contributed by atoms with van der Waals surface area (Å²) >= 11 is 0. The summed E-state index contributed by atoms with van der Waals surface area (Å²) < 4.78 is 2.14. The zero-order valence-corrected chi connectivity index (χ0v) is 11.2. The van der Waals surface area contributed by atoms with Crippen molar-refractivity contribution in [1.82, 2.24) is 20.1 Å². The topological polar surface area (TPSA) is 42.7 Å². The van der Waals surface area contributed by atoms with Gasteiger partial charge in [0.15, 0.2) is 0 Å². The van der Waals surface area contributed by atoms with Crippen LogP contribution < -0.4 is 5.32 Å². The van der Waals surface area contributed by atoms with E-state index in [-0.39, 0.29) is 0 Å². The minimum absolute atomic E-state index is 0.474. The number of hydrogen-bond acceptors (Lipinski definition) is 3. The molecule has 1 aliphatic carbocycles. The normalized spacial score (nSPS) is 26.5. The summed E-state index contributed by atoms with van der Waals surface area (Å²) in [5, 5.41) is 8.04. The second-order valence-corrected chi connectivity index (χ2v) is 5.10. The number of nitrogens with zero attached hydrogens (tertiary/aromatic N) is 3. The fraction of sp³-hybridized carbons (Fsp3) is 0.846. The van der Waals surface area contributed by atoms with Crippen LogP contribution in [0.25, 0.3) is 0 Å². The molecular weight excluding hydrogens is 212 g/mol. The molecule has 2 rings (SSSR count). The van der Waals surface area contributed by atoms with Crippen LogP contribution in [0.1, 0.15) is 56.2 Å². The largest absolute Gasteiger partial charge is 0.315 e. The minimum atomic E-state index is 0.474. The van der Waals surface area contributed by atoms with E-state index >= 15 is 0 Å². The molecule has 0 aliphatic heterocycles. The van der Waals surface area contributed by atoms with Crippen LogP contribution in [0.15, 0.2) is 0 Å². The number of likely N-dealkylation sites (N-methyl/N-ethyl adjacent to an activating group) is 1. The fourth-order valence-corrected chi connectivity index (χ4v) is 2.94. The molecule has 1 fully saturated rings. The molecule has 1 heterocycles. The maximum atomic E-state index is 4.57. The van der Waals surface area contributed by atoms with Gasteiger partial charge in [-0.15, -0.1) is 0 Å². The van der Waals surface area contributed by atoms with Crippen molar-refractivity contribution in [2.24, 2.45) is 0 Å². The van der Waals surface area contributed by atoms with Crippen molar-refractivity contribution in [1.29, 1.82) is 0 Å². The Morgan fingerprint density at radius 3 is 2.41 bits per heavy atom. The zero-order chi connectivity index (χ0) is 12.3. The van der Waals surface area contributed by atoms with Gasteiger partial charge in [0.25, 0.3) is 0 Å². The molecule has 96 valence electrons. The first-order chi connectivity index (χ1) is 8.22. The van der Waals surface area contributed by atoms with Gasteiger partial charge in [0.2, 0.25) is 0 Å². The summed E-state index contributed by atoms with van der Waals surface area (Å²) in [5.41, 5.74) is 0. The Labute approximate surface area is 104 Å². The zero-order valence-electron chi connectivity index (χ0n) is 11.2. The van der Waals surface area contributed by atoms with Crippen LogP contribution in [0.5, 0.6) is 0 Å². The highest BCUT2D eigenvalue weighted by Crippen LogP contribution is 2.27. The van der Waals surface area contributed by atoms with E-state index in [1.165, 1.54) is 38.5 Å². The molecule has 1 aromatic rings. The second-order valence-electron chi connectivity index (χ2n) is 5.10. The average molecular weight is 236 g/mol. The lowest BCUT2D eigenvalue weighted by Gasteiger charge is -2.29. The van der Waals surface area contributed by atoms with Gasteiger partial charge >= 0.3 is 0 Å². The maximum absolute atomic E-state index is 4.57. The molecule has 0 radical (unpaired) electrons. The van der Waals surface area contributed by atoms with Crippen molar-refractivity contribution in [3.8, 4) is 0 Å². The van der Waals surface area contributed by atoms with Gasteiger partial charge in [0.1, 0.15) is 11.6 Å². The van der Waals surface area contributed by atoms with Gasteiger partial charge in [-0.3, -0.25) is 0 Å². The highest BCUT2D eigenvalue weighted by atomic mass is 15.4. The van der Waals surface area contributed by atoms with Crippen molar-refractivity contribution in [3.63, 3.8) is 0 Å². The highest BCUT2D eigenvalue weighted by Gasteiger charge is 2.25. The lowest BCUT2D eigenvalue weighted by molar-refractivity contribution is 0.273. The smallest absolute Gasteiger partial charge is 0.147 e. The molecule has 4 heteroatoms. The van der Waals surface area contributed by atoms with E-state index in [2.05, 4.69) is 34.1 Å². The van der Waals surface area contributed by atoms with E-state index in [1.54, 1.807) is 0 Å². The number of aryl methyl sites for hydroxylation is 2. The van der Waals surface area contributed by atoms with Crippen molar-refractivity contribution in [2.75, 3.05) is 7.05 Å². The lowest BCUT2D eigenvalue weighted by Crippen LogP contribution is -2.37. The third-order valence-corrected chi connectivity index (χ3v) is 3.82. The first-order valence-electron chi connectivity index (χ1n) is 6.79. The molecule has 1 saturated carbocycles. The number of aromatic nitrogens is 3. The highest BCUT2D eigenvalue weighted by molar-refractivity contribution is 4.93. The molecule has 0 bridgehead atoms. The van der Waals surface area contributed by atoms with Gasteiger partial charge in [-0.25, -0.2) is 9.67 Å². The van der Waals surface area contributed by atoms with E-state index in [0.29, 0.717) is 12.1 Å². The summed E-state index contributed by atoms with van der Waals surface area (Å²) in [6.07, 6.45) is 7.84. The Kier molecular flexibility index (Phi) is 4.15. The van der Waals surface area contributed by atoms with Crippen LogP contribution in [0, 0.1) is 13.8 Å². The number of rotatable bonds is 2. The molecular formula is C13H24N4. The Bertz CT molecular complexity index is 358. The Morgan fingerprint density at radius 2 is 1.82 bits per heavy atom. The van der Waals surface area contributed by atoms with Crippen LogP contribution >= 0.6 is 0 Å². The summed E-state index contributed by atoms with van der Waals surface area (Å²) in [4.78, 5) is 4.43. The summed E-state index contributed by atoms with van der Waals surface area (Å²) in [7, 11) is 2.07. The molecule has 0 aromatic carbocycles. The monoisotopic (exact) mass is 236 g/mol. The second kappa shape index (κ2) is 5.63. The predicted molar refractivity (Wildman–Crippen MR) is 69.1 cm³/mol. The third-order valence-electron chi connectivity index (χ3n) is 3.82. The first-order valence-corrected chi connectivity index (χ1v) is 6.79. The Balaban J connectivity index is 2.21. The average Bonchev–Trinajstić information content (AvgIpc) is 2.58. The van der Waals surface area contributed by atoms with Gasteiger partial charge in [0.05, 0.1) is 6.04 Å². The van der Waals surface area contributed by atoms with Crippen LogP contribution in [0.2, 0.25) is 0 Å². The van der Waals surface area contributed by atoms with Crippen LogP contribution in [0.3, 0.4) is 0 Å². The molecule has 2 unspecified atom stereocenters. The molecule has 1 aliphatic rings. The summed E-state index contributed by atoms with van der Waals surface area (Å²) in [6.45, 7) is 4.03. The molecule has 0 spiro atoms. The first kappa shape index (κ1) is 12.6. The van der Waals surface area contributed by atoms with Gasteiger partial charge in [-0.1, -0.05) is 25.7 Å². The number of nitrogens with one attached hydrogen (secondary N) is 1. The van der Waals surface area contributed by atoms with E-state index in [0.717, 1.165) is 11.6 Å². The van der Waals surface area contributed by atoms with Gasteiger partial charge < -0.3 is 5.32 Å². The molecule has 2 atom stereocenters. The predicted octanol–water partition coefficient (Wildman–Crippen LogP) is 2.38. The van der Waals surface area contributed by atoms with E-state index < -0.39 is 0 Å². The van der Waals surface area contributed by atoms with Crippen LogP contribution in [-0.4, -0.2) is 27.9 Å². The van der Waals surface area contributed by atoms with E-state index in [9.17, 15) is 0 Å². The lowest BCUT2D eigenvalue weighted by atomic mass is 9.92. The van der Waals surface area contributed by atoms with Crippen molar-refractivity contribution in [3.05, 3.63) is 11.6 Å². The molecule has 1 N–H and O–H groups in total. The molecule has 1 aromatic heterocycles. The van der Waals surface area contributed by atoms with Gasteiger partial charge in [-0.05, 0) is 33.7 Å². The van der Waals surface area contributed by atoms with Crippen molar-refractivity contribution < 1.29 is 0 Å². The molecule has 0 amide bonds. The molecule has 0 saturated heterocycles. The van der Waals surface area contributed by atoms with E-state index in [4.69, 9.17) is 0 Å². The quantitative estimate of drug-likeness (QED) is 0.857. The van der Waals surface area contributed by atoms with Gasteiger partial charge in [0, 0.05) is 6.04 Å². The minimum Gasteiger partial charge on any atom is -0.315 e. The van der Waals surface area contributed by atoms with Gasteiger partial charge in [-0.2, -0.15) is 5.10 Å². The molecule has 17 heavy (non-hydrogen) atoms. The molecule has 4 nitrogen and oxygen atoms in total. The van der Waals surface area contributed by atoms with Crippen LogP contribution in [-0.2, 0) is 0 Å². The van der Waals surface area contributed by atoms with Crippen LogP contribution in [0.4, 0.5) is 0 Å². The van der Waals surface area contributed by atoms with Crippen molar-refractivity contribution >= 4 is 0 Å². The maximum Gasteiger partial charge on any atom is 0.147 e. The fourth-order valence-electron chi connectivity index (χ4n) is 2.94.